The Morgan fingerprint density at radius 1 is 1.23 bits per heavy atom. The summed E-state index contributed by atoms with van der Waals surface area (Å²) < 4.78 is 10.6. The molecule has 0 unspecified atom stereocenters. The summed E-state index contributed by atoms with van der Waals surface area (Å²) in [7, 11) is 0. The fraction of sp³-hybridized carbons (Fsp3) is 0.400. The van der Waals surface area contributed by atoms with Crippen molar-refractivity contribution in [1.82, 2.24) is 0 Å². The molecule has 0 saturated heterocycles. The molecule has 3 heteroatoms. The Hall–Kier alpha value is -1.22. The standard InChI is InChI=1S/C10H11NO2/c11-8-2-1-6-3-9-10(4-7(6)8)13-5-12-9/h3-4,8H,1-2,5,11H2/t8-/m1/s1. The third-order valence-corrected chi connectivity index (χ3v) is 2.76. The minimum atomic E-state index is 0.185. The van der Waals surface area contributed by atoms with Gasteiger partial charge in [-0.25, -0.2) is 0 Å². The van der Waals surface area contributed by atoms with Crippen LogP contribution in [0.3, 0.4) is 0 Å². The topological polar surface area (TPSA) is 44.5 Å². The lowest BCUT2D eigenvalue weighted by molar-refractivity contribution is 0.174. The summed E-state index contributed by atoms with van der Waals surface area (Å²) >= 11 is 0. The lowest BCUT2D eigenvalue weighted by Crippen LogP contribution is -2.04. The van der Waals surface area contributed by atoms with Gasteiger partial charge in [-0.15, -0.1) is 0 Å². The van der Waals surface area contributed by atoms with Gasteiger partial charge >= 0.3 is 0 Å². The van der Waals surface area contributed by atoms with Crippen molar-refractivity contribution in [2.24, 2.45) is 5.73 Å². The first-order chi connectivity index (χ1) is 6.34. The van der Waals surface area contributed by atoms with Gasteiger partial charge in [0.25, 0.3) is 0 Å². The molecule has 1 aliphatic carbocycles. The van der Waals surface area contributed by atoms with Crippen LogP contribution in [0.4, 0.5) is 0 Å². The molecule has 1 aromatic rings. The predicted octanol–water partition coefficient (Wildman–Crippen LogP) is 1.36. The molecular formula is C10H11NO2. The SMILES string of the molecule is N[C@@H]1CCc2cc3c(cc21)OCO3. The lowest BCUT2D eigenvalue weighted by Gasteiger charge is -2.05. The molecule has 2 N–H and O–H groups in total. The number of rotatable bonds is 0. The summed E-state index contributed by atoms with van der Waals surface area (Å²) in [6.45, 7) is 0.341. The second-order valence-electron chi connectivity index (χ2n) is 3.55. The van der Waals surface area contributed by atoms with E-state index in [2.05, 4.69) is 6.07 Å². The van der Waals surface area contributed by atoms with E-state index < -0.39 is 0 Å². The van der Waals surface area contributed by atoms with Crippen LogP contribution in [0.2, 0.25) is 0 Å². The third-order valence-electron chi connectivity index (χ3n) is 2.76. The molecule has 0 radical (unpaired) electrons. The van der Waals surface area contributed by atoms with E-state index in [1.807, 2.05) is 6.07 Å². The summed E-state index contributed by atoms with van der Waals surface area (Å²) in [5, 5.41) is 0. The zero-order valence-electron chi connectivity index (χ0n) is 7.25. The quantitative estimate of drug-likeness (QED) is 0.650. The van der Waals surface area contributed by atoms with Gasteiger partial charge in [0.2, 0.25) is 6.79 Å². The van der Waals surface area contributed by atoms with Gasteiger partial charge in [0, 0.05) is 6.04 Å². The first-order valence-corrected chi connectivity index (χ1v) is 4.52. The van der Waals surface area contributed by atoms with Gasteiger partial charge in [0.15, 0.2) is 11.5 Å². The van der Waals surface area contributed by atoms with Crippen LogP contribution in [0.5, 0.6) is 11.5 Å². The number of ether oxygens (including phenoxy) is 2. The van der Waals surface area contributed by atoms with Gasteiger partial charge in [-0.3, -0.25) is 0 Å². The molecule has 1 aliphatic heterocycles. The van der Waals surface area contributed by atoms with Crippen molar-refractivity contribution in [2.75, 3.05) is 6.79 Å². The van der Waals surface area contributed by atoms with E-state index in [1.54, 1.807) is 0 Å². The van der Waals surface area contributed by atoms with Crippen molar-refractivity contribution < 1.29 is 9.47 Å². The molecular weight excluding hydrogens is 166 g/mol. The van der Waals surface area contributed by atoms with Crippen LogP contribution in [-0.4, -0.2) is 6.79 Å². The lowest BCUT2D eigenvalue weighted by atomic mass is 10.1. The van der Waals surface area contributed by atoms with Crippen LogP contribution in [0.1, 0.15) is 23.6 Å². The second kappa shape index (κ2) is 2.39. The molecule has 3 nitrogen and oxygen atoms in total. The first-order valence-electron chi connectivity index (χ1n) is 4.52. The fourth-order valence-electron chi connectivity index (χ4n) is 2.03. The molecule has 0 aromatic heterocycles. The van der Waals surface area contributed by atoms with E-state index in [0.29, 0.717) is 6.79 Å². The number of aryl methyl sites for hydroxylation is 1. The molecule has 0 spiro atoms. The van der Waals surface area contributed by atoms with E-state index in [1.165, 1.54) is 11.1 Å². The van der Waals surface area contributed by atoms with Gasteiger partial charge < -0.3 is 15.2 Å². The number of hydrogen-bond donors (Lipinski definition) is 1. The smallest absolute Gasteiger partial charge is 0.231 e. The van der Waals surface area contributed by atoms with Crippen LogP contribution >= 0.6 is 0 Å². The maximum Gasteiger partial charge on any atom is 0.231 e. The maximum absolute atomic E-state index is 5.94. The van der Waals surface area contributed by atoms with Crippen molar-refractivity contribution in [3.8, 4) is 11.5 Å². The number of benzene rings is 1. The highest BCUT2D eigenvalue weighted by Gasteiger charge is 2.24. The van der Waals surface area contributed by atoms with Crippen molar-refractivity contribution in [2.45, 2.75) is 18.9 Å². The van der Waals surface area contributed by atoms with Crippen LogP contribution in [0.15, 0.2) is 12.1 Å². The summed E-state index contributed by atoms with van der Waals surface area (Å²) in [4.78, 5) is 0. The molecule has 1 atom stereocenters. The average Bonchev–Trinajstić information content (AvgIpc) is 2.70. The molecule has 0 saturated carbocycles. The van der Waals surface area contributed by atoms with E-state index in [-0.39, 0.29) is 6.04 Å². The zero-order chi connectivity index (χ0) is 8.84. The molecule has 0 bridgehead atoms. The Balaban J connectivity index is 2.16. The normalized spacial score (nSPS) is 23.3. The van der Waals surface area contributed by atoms with Crippen molar-refractivity contribution in [3.05, 3.63) is 23.3 Å². The van der Waals surface area contributed by atoms with Crippen molar-refractivity contribution >= 4 is 0 Å². The first kappa shape index (κ1) is 7.21. The average molecular weight is 177 g/mol. The molecule has 1 aromatic carbocycles. The number of fused-ring (bicyclic) bond motifs is 2. The predicted molar refractivity (Wildman–Crippen MR) is 47.8 cm³/mol. The molecule has 3 rings (SSSR count). The van der Waals surface area contributed by atoms with E-state index in [9.17, 15) is 0 Å². The Bertz CT molecular complexity index is 362. The van der Waals surface area contributed by atoms with Crippen molar-refractivity contribution in [1.29, 1.82) is 0 Å². The van der Waals surface area contributed by atoms with Gasteiger partial charge in [-0.1, -0.05) is 0 Å². The Labute approximate surface area is 76.4 Å². The van der Waals surface area contributed by atoms with Crippen LogP contribution in [0, 0.1) is 0 Å². The Morgan fingerprint density at radius 2 is 2.00 bits per heavy atom. The van der Waals surface area contributed by atoms with Gasteiger partial charge in [0.05, 0.1) is 0 Å². The minimum absolute atomic E-state index is 0.185. The van der Waals surface area contributed by atoms with Crippen LogP contribution in [0.25, 0.3) is 0 Å². The fourth-order valence-corrected chi connectivity index (χ4v) is 2.03. The van der Waals surface area contributed by atoms with Crippen LogP contribution < -0.4 is 15.2 Å². The molecule has 2 aliphatic rings. The van der Waals surface area contributed by atoms with E-state index in [4.69, 9.17) is 15.2 Å². The number of hydrogen-bond acceptors (Lipinski definition) is 3. The van der Waals surface area contributed by atoms with E-state index in [0.717, 1.165) is 24.3 Å². The minimum Gasteiger partial charge on any atom is -0.454 e. The largest absolute Gasteiger partial charge is 0.454 e. The molecule has 1 heterocycles. The summed E-state index contributed by atoms with van der Waals surface area (Å²) in [5.41, 5.74) is 8.49. The highest BCUT2D eigenvalue weighted by atomic mass is 16.7. The van der Waals surface area contributed by atoms with Crippen LogP contribution in [-0.2, 0) is 6.42 Å². The molecule has 13 heavy (non-hydrogen) atoms. The highest BCUT2D eigenvalue weighted by Crippen LogP contribution is 2.40. The third kappa shape index (κ3) is 0.937. The maximum atomic E-state index is 5.94. The van der Waals surface area contributed by atoms with Gasteiger partial charge in [0.1, 0.15) is 0 Å². The van der Waals surface area contributed by atoms with Gasteiger partial charge in [-0.05, 0) is 36.1 Å². The molecule has 0 fully saturated rings. The summed E-state index contributed by atoms with van der Waals surface area (Å²) in [6, 6.07) is 4.27. The molecule has 0 amide bonds. The Kier molecular flexibility index (Phi) is 1.32. The monoisotopic (exact) mass is 177 g/mol. The highest BCUT2D eigenvalue weighted by molar-refractivity contribution is 5.51. The molecule has 68 valence electrons. The zero-order valence-corrected chi connectivity index (χ0v) is 7.25. The summed E-state index contributed by atoms with van der Waals surface area (Å²) in [5.74, 6) is 1.71. The van der Waals surface area contributed by atoms with Crippen molar-refractivity contribution in [3.63, 3.8) is 0 Å². The van der Waals surface area contributed by atoms with Gasteiger partial charge in [-0.2, -0.15) is 0 Å². The van der Waals surface area contributed by atoms with E-state index >= 15 is 0 Å². The Morgan fingerprint density at radius 3 is 2.85 bits per heavy atom. The summed E-state index contributed by atoms with van der Waals surface area (Å²) in [6.07, 6.45) is 2.10. The second-order valence-corrected chi connectivity index (χ2v) is 3.55. The number of nitrogens with two attached hydrogens (primary N) is 1.